The van der Waals surface area contributed by atoms with Crippen LogP contribution in [0.4, 0.5) is 5.69 Å². The van der Waals surface area contributed by atoms with Crippen LogP contribution >= 0.6 is 0 Å². The molecule has 184 valence electrons. The summed E-state index contributed by atoms with van der Waals surface area (Å²) in [4.78, 5) is 17.6. The van der Waals surface area contributed by atoms with E-state index in [4.69, 9.17) is 4.74 Å². The molecule has 2 aliphatic rings. The van der Waals surface area contributed by atoms with Crippen LogP contribution in [-0.4, -0.2) is 64.0 Å². The first-order valence-electron chi connectivity index (χ1n) is 12.2. The number of carbonyl (C=O) groups is 1. The number of rotatable bonds is 7. The Hall–Kier alpha value is -2.58. The zero-order valence-corrected chi connectivity index (χ0v) is 20.7. The highest BCUT2D eigenvalue weighted by Crippen LogP contribution is 2.27. The van der Waals surface area contributed by atoms with Crippen LogP contribution in [0.2, 0.25) is 0 Å². The molecule has 8 heteroatoms. The smallest absolute Gasteiger partial charge is 0.262 e. The molecule has 2 fully saturated rings. The summed E-state index contributed by atoms with van der Waals surface area (Å²) in [6, 6.07) is 13.0. The van der Waals surface area contributed by atoms with Crippen molar-refractivity contribution in [3.05, 3.63) is 54.1 Å². The second-order valence-corrected chi connectivity index (χ2v) is 11.0. The third-order valence-corrected chi connectivity index (χ3v) is 8.26. The number of carbonyl (C=O) groups excluding carboxylic acids is 1. The predicted molar refractivity (Wildman–Crippen MR) is 134 cm³/mol. The Labute approximate surface area is 203 Å². The minimum Gasteiger partial charge on any atom is -0.495 e. The van der Waals surface area contributed by atoms with Gasteiger partial charge in [-0.1, -0.05) is 31.4 Å². The Morgan fingerprint density at radius 1 is 0.941 bits per heavy atom. The highest BCUT2D eigenvalue weighted by atomic mass is 32.2. The molecule has 1 N–H and O–H groups in total. The minimum atomic E-state index is -3.80. The van der Waals surface area contributed by atoms with E-state index >= 15 is 0 Å². The van der Waals surface area contributed by atoms with E-state index < -0.39 is 10.0 Å². The molecule has 0 aromatic heterocycles. The van der Waals surface area contributed by atoms with Gasteiger partial charge in [-0.05, 0) is 68.1 Å². The second-order valence-electron chi connectivity index (χ2n) is 9.28. The van der Waals surface area contributed by atoms with Crippen LogP contribution in [-0.2, 0) is 10.0 Å². The van der Waals surface area contributed by atoms with Crippen molar-refractivity contribution in [2.24, 2.45) is 5.92 Å². The van der Waals surface area contributed by atoms with E-state index in [1.54, 1.807) is 36.4 Å². The normalized spacial score (nSPS) is 18.3. The lowest BCUT2D eigenvalue weighted by atomic mass is 9.89. The number of nitrogens with one attached hydrogen (secondary N) is 1. The van der Waals surface area contributed by atoms with Gasteiger partial charge in [-0.2, -0.15) is 0 Å². The van der Waals surface area contributed by atoms with Crippen LogP contribution in [0.5, 0.6) is 5.75 Å². The molecule has 0 unspecified atom stereocenters. The number of benzene rings is 2. The van der Waals surface area contributed by atoms with E-state index in [0.717, 1.165) is 38.5 Å². The van der Waals surface area contributed by atoms with Gasteiger partial charge in [0, 0.05) is 31.7 Å². The average Bonchev–Trinajstić information content (AvgIpc) is 3.10. The summed E-state index contributed by atoms with van der Waals surface area (Å²) in [6.45, 7) is 4.52. The van der Waals surface area contributed by atoms with Crippen molar-refractivity contribution >= 4 is 21.6 Å². The van der Waals surface area contributed by atoms with Gasteiger partial charge >= 0.3 is 0 Å². The lowest BCUT2D eigenvalue weighted by molar-refractivity contribution is 0.0760. The van der Waals surface area contributed by atoms with E-state index in [1.807, 2.05) is 4.90 Å². The minimum absolute atomic E-state index is 0.0406. The summed E-state index contributed by atoms with van der Waals surface area (Å²) in [5.41, 5.74) is 0.879. The largest absolute Gasteiger partial charge is 0.495 e. The molecule has 1 saturated carbocycles. The number of para-hydroxylation sites is 2. The van der Waals surface area contributed by atoms with E-state index in [0.29, 0.717) is 23.5 Å². The van der Waals surface area contributed by atoms with Crippen LogP contribution in [0.3, 0.4) is 0 Å². The molecule has 0 atom stereocenters. The van der Waals surface area contributed by atoms with Gasteiger partial charge in [-0.25, -0.2) is 8.42 Å². The van der Waals surface area contributed by atoms with Gasteiger partial charge in [0.2, 0.25) is 0 Å². The summed E-state index contributed by atoms with van der Waals surface area (Å²) < 4.78 is 33.4. The van der Waals surface area contributed by atoms with Gasteiger partial charge in [0.1, 0.15) is 5.75 Å². The molecule has 34 heavy (non-hydrogen) atoms. The highest BCUT2D eigenvalue weighted by molar-refractivity contribution is 7.92. The van der Waals surface area contributed by atoms with E-state index in [9.17, 15) is 13.2 Å². The molecule has 2 aromatic carbocycles. The van der Waals surface area contributed by atoms with Crippen LogP contribution < -0.4 is 9.46 Å². The molecule has 1 amide bonds. The number of hydrogen-bond acceptors (Lipinski definition) is 5. The maximum Gasteiger partial charge on any atom is 0.262 e. The van der Waals surface area contributed by atoms with Gasteiger partial charge in [0.05, 0.1) is 17.7 Å². The number of nitrogens with zero attached hydrogens (tertiary/aromatic N) is 2. The topological polar surface area (TPSA) is 78.9 Å². The molecule has 0 spiro atoms. The fourth-order valence-corrected chi connectivity index (χ4v) is 6.05. The van der Waals surface area contributed by atoms with Gasteiger partial charge in [-0.15, -0.1) is 0 Å². The predicted octanol–water partition coefficient (Wildman–Crippen LogP) is 4.22. The van der Waals surface area contributed by atoms with E-state index in [-0.39, 0.29) is 10.8 Å². The van der Waals surface area contributed by atoms with Crippen molar-refractivity contribution in [1.29, 1.82) is 0 Å². The average molecular weight is 486 g/mol. The Morgan fingerprint density at radius 2 is 1.68 bits per heavy atom. The summed E-state index contributed by atoms with van der Waals surface area (Å²) in [7, 11) is -2.31. The Morgan fingerprint density at radius 3 is 2.41 bits per heavy atom. The first-order chi connectivity index (χ1) is 16.5. The number of sulfonamides is 1. The Kier molecular flexibility index (Phi) is 8.11. The maximum absolute atomic E-state index is 13.1. The molecule has 4 rings (SSSR count). The zero-order chi connectivity index (χ0) is 24.0. The summed E-state index contributed by atoms with van der Waals surface area (Å²) in [5, 5.41) is 0. The van der Waals surface area contributed by atoms with Crippen LogP contribution in [0.1, 0.15) is 48.9 Å². The van der Waals surface area contributed by atoms with E-state index in [1.165, 1.54) is 51.3 Å². The van der Waals surface area contributed by atoms with Crippen molar-refractivity contribution in [3.63, 3.8) is 0 Å². The standard InChI is InChI=1S/C26H35N3O4S/c1-33-25-11-6-5-10-24(25)27-34(31,32)23-14-12-22(13-15-23)26(30)29-17-7-16-28(18-19-29)20-21-8-3-2-4-9-21/h5-6,10-15,21,27H,2-4,7-9,16-20H2,1H3. The lowest BCUT2D eigenvalue weighted by Crippen LogP contribution is -2.36. The van der Waals surface area contributed by atoms with Gasteiger partial charge in [-0.3, -0.25) is 9.52 Å². The fourth-order valence-electron chi connectivity index (χ4n) is 4.98. The molecule has 1 heterocycles. The first kappa shape index (κ1) is 24.5. The van der Waals surface area contributed by atoms with Crippen molar-refractivity contribution in [2.45, 2.75) is 43.4 Å². The quantitative estimate of drug-likeness (QED) is 0.635. The fraction of sp³-hybridized carbons (Fsp3) is 0.500. The number of amides is 1. The summed E-state index contributed by atoms with van der Waals surface area (Å²) in [5.74, 6) is 1.20. The summed E-state index contributed by atoms with van der Waals surface area (Å²) >= 11 is 0. The van der Waals surface area contributed by atoms with Gasteiger partial charge in [0.15, 0.2) is 0 Å². The highest BCUT2D eigenvalue weighted by Gasteiger charge is 2.24. The third-order valence-electron chi connectivity index (χ3n) is 6.88. The number of methoxy groups -OCH3 is 1. The van der Waals surface area contributed by atoms with E-state index in [2.05, 4.69) is 9.62 Å². The SMILES string of the molecule is COc1ccccc1NS(=O)(=O)c1ccc(C(=O)N2CCCN(CC3CCCCC3)CC2)cc1. The molecule has 0 bridgehead atoms. The molecular weight excluding hydrogens is 450 g/mol. The van der Waals surface area contributed by atoms with Crippen molar-refractivity contribution < 1.29 is 17.9 Å². The summed E-state index contributed by atoms with van der Waals surface area (Å²) in [6.07, 6.45) is 7.70. The Balaban J connectivity index is 1.37. The zero-order valence-electron chi connectivity index (χ0n) is 19.9. The van der Waals surface area contributed by atoms with Gasteiger partial charge in [0.25, 0.3) is 15.9 Å². The van der Waals surface area contributed by atoms with Crippen molar-refractivity contribution in [2.75, 3.05) is 44.6 Å². The molecule has 7 nitrogen and oxygen atoms in total. The monoisotopic (exact) mass is 485 g/mol. The van der Waals surface area contributed by atoms with Crippen molar-refractivity contribution in [3.8, 4) is 5.75 Å². The van der Waals surface area contributed by atoms with Crippen LogP contribution in [0.25, 0.3) is 0 Å². The second kappa shape index (κ2) is 11.2. The molecule has 1 aliphatic heterocycles. The molecule has 1 aliphatic carbocycles. The lowest BCUT2D eigenvalue weighted by Gasteiger charge is -2.28. The van der Waals surface area contributed by atoms with Crippen LogP contribution in [0.15, 0.2) is 53.4 Å². The molecular formula is C26H35N3O4S. The van der Waals surface area contributed by atoms with Gasteiger partial charge < -0.3 is 14.5 Å². The molecule has 1 saturated heterocycles. The number of anilines is 1. The first-order valence-corrected chi connectivity index (χ1v) is 13.7. The number of ether oxygens (including phenoxy) is 1. The van der Waals surface area contributed by atoms with Crippen molar-refractivity contribution in [1.82, 2.24) is 9.80 Å². The van der Waals surface area contributed by atoms with Crippen LogP contribution in [0, 0.1) is 5.92 Å². The maximum atomic E-state index is 13.1. The molecule has 2 aromatic rings. The number of hydrogen-bond donors (Lipinski definition) is 1. The third kappa shape index (κ3) is 6.10. The molecule has 0 radical (unpaired) electrons. The Bertz CT molecular complexity index is 1070.